The molecule has 1 aliphatic rings. The molecule has 1 rings (SSSR count). The van der Waals surface area contributed by atoms with Gasteiger partial charge in [0, 0.05) is 25.0 Å². The first-order chi connectivity index (χ1) is 8.81. The molecule has 6 nitrogen and oxygen atoms in total. The van der Waals surface area contributed by atoms with Gasteiger partial charge in [-0.15, -0.1) is 0 Å². The molecule has 0 aromatic rings. The Balaban J connectivity index is 2.49. The van der Waals surface area contributed by atoms with Crippen molar-refractivity contribution in [1.29, 1.82) is 0 Å². The average Bonchev–Trinajstić information content (AvgIpc) is 2.29. The molecule has 19 heavy (non-hydrogen) atoms. The van der Waals surface area contributed by atoms with Crippen molar-refractivity contribution in [2.75, 3.05) is 26.2 Å². The molecule has 3 amide bonds. The van der Waals surface area contributed by atoms with Gasteiger partial charge < -0.3 is 15.1 Å². The minimum atomic E-state index is -0.167. The Bertz CT molecular complexity index is 366. The Morgan fingerprint density at radius 3 is 2.32 bits per heavy atom. The summed E-state index contributed by atoms with van der Waals surface area (Å²) in [5, 5.41) is 2.75. The number of nitrogens with one attached hydrogen (secondary N) is 1. The van der Waals surface area contributed by atoms with E-state index in [4.69, 9.17) is 0 Å². The third-order valence-corrected chi connectivity index (χ3v) is 2.91. The fraction of sp³-hybridized carbons (Fsp3) is 0.769. The van der Waals surface area contributed by atoms with Crippen molar-refractivity contribution in [1.82, 2.24) is 15.1 Å². The van der Waals surface area contributed by atoms with Crippen LogP contribution in [0.4, 0.5) is 0 Å². The van der Waals surface area contributed by atoms with Crippen LogP contribution >= 0.6 is 0 Å². The van der Waals surface area contributed by atoms with Crippen LogP contribution in [0.15, 0.2) is 0 Å². The molecule has 0 radical (unpaired) electrons. The maximum absolute atomic E-state index is 11.9. The predicted molar refractivity (Wildman–Crippen MR) is 71.3 cm³/mol. The minimum absolute atomic E-state index is 0.0142. The number of hydrogen-bond acceptors (Lipinski definition) is 3. The Morgan fingerprint density at radius 1 is 1.21 bits per heavy atom. The summed E-state index contributed by atoms with van der Waals surface area (Å²) in [6.45, 7) is 8.44. The Morgan fingerprint density at radius 2 is 1.84 bits per heavy atom. The molecule has 0 saturated carbocycles. The highest BCUT2D eigenvalue weighted by atomic mass is 16.2. The Hall–Kier alpha value is -1.59. The molecular formula is C13H23N3O3. The summed E-state index contributed by atoms with van der Waals surface area (Å²) < 4.78 is 0. The molecule has 1 N–H and O–H groups in total. The fourth-order valence-electron chi connectivity index (χ4n) is 1.97. The monoisotopic (exact) mass is 269 g/mol. The van der Waals surface area contributed by atoms with Gasteiger partial charge in [-0.05, 0) is 13.8 Å². The predicted octanol–water partition coefficient (Wildman–Crippen LogP) is -0.162. The Kier molecular flexibility index (Phi) is 5.32. The van der Waals surface area contributed by atoms with Gasteiger partial charge in [0.05, 0.1) is 13.1 Å². The van der Waals surface area contributed by atoms with Crippen LogP contribution in [-0.4, -0.2) is 59.7 Å². The maximum atomic E-state index is 11.9. The molecular weight excluding hydrogens is 246 g/mol. The van der Waals surface area contributed by atoms with Gasteiger partial charge in [-0.25, -0.2) is 0 Å². The summed E-state index contributed by atoms with van der Waals surface area (Å²) in [4.78, 5) is 38.4. The second kappa shape index (κ2) is 6.54. The van der Waals surface area contributed by atoms with Crippen LogP contribution in [-0.2, 0) is 14.4 Å². The van der Waals surface area contributed by atoms with Gasteiger partial charge in [0.2, 0.25) is 17.7 Å². The van der Waals surface area contributed by atoms with Crippen molar-refractivity contribution in [2.24, 2.45) is 5.92 Å². The van der Waals surface area contributed by atoms with E-state index in [1.54, 1.807) is 4.90 Å². The number of carbonyl (C=O) groups excluding carboxylic acids is 3. The number of piperazine rings is 1. The smallest absolute Gasteiger partial charge is 0.242 e. The van der Waals surface area contributed by atoms with Gasteiger partial charge in [-0.2, -0.15) is 0 Å². The van der Waals surface area contributed by atoms with Gasteiger partial charge >= 0.3 is 0 Å². The molecule has 1 heterocycles. The van der Waals surface area contributed by atoms with Gasteiger partial charge in [-0.1, -0.05) is 13.8 Å². The van der Waals surface area contributed by atoms with Gasteiger partial charge in [0.1, 0.15) is 0 Å². The second-order valence-electron chi connectivity index (χ2n) is 5.45. The topological polar surface area (TPSA) is 69.7 Å². The zero-order valence-electron chi connectivity index (χ0n) is 12.1. The molecule has 0 aromatic heterocycles. The highest BCUT2D eigenvalue weighted by Gasteiger charge is 2.29. The molecule has 0 aliphatic carbocycles. The van der Waals surface area contributed by atoms with Crippen molar-refractivity contribution < 1.29 is 14.4 Å². The van der Waals surface area contributed by atoms with Crippen LogP contribution in [0.2, 0.25) is 0 Å². The zero-order valence-corrected chi connectivity index (χ0v) is 12.1. The minimum Gasteiger partial charge on any atom is -0.352 e. The van der Waals surface area contributed by atoms with Crippen molar-refractivity contribution in [3.05, 3.63) is 0 Å². The van der Waals surface area contributed by atoms with E-state index in [0.29, 0.717) is 13.1 Å². The van der Waals surface area contributed by atoms with Gasteiger partial charge in [-0.3, -0.25) is 14.4 Å². The first-order valence-corrected chi connectivity index (χ1v) is 6.67. The summed E-state index contributed by atoms with van der Waals surface area (Å²) in [5.41, 5.74) is 0. The van der Waals surface area contributed by atoms with E-state index >= 15 is 0 Å². The summed E-state index contributed by atoms with van der Waals surface area (Å²) in [7, 11) is 0. The lowest BCUT2D eigenvalue weighted by Crippen LogP contribution is -2.55. The molecule has 0 bridgehead atoms. The van der Waals surface area contributed by atoms with E-state index in [9.17, 15) is 14.4 Å². The molecule has 0 unspecified atom stereocenters. The summed E-state index contributed by atoms with van der Waals surface area (Å²) in [6, 6.07) is 0.0615. The number of amides is 3. The molecule has 1 aliphatic heterocycles. The maximum Gasteiger partial charge on any atom is 0.242 e. The SMILES string of the molecule is CC(C)NC(=O)CN1CCN(C(=O)C(C)C)CC1=O. The summed E-state index contributed by atoms with van der Waals surface area (Å²) in [6.07, 6.45) is 0. The molecule has 0 spiro atoms. The van der Waals surface area contributed by atoms with E-state index in [0.717, 1.165) is 0 Å². The van der Waals surface area contributed by atoms with Crippen LogP contribution in [0.1, 0.15) is 27.7 Å². The number of carbonyl (C=O) groups is 3. The van der Waals surface area contributed by atoms with Crippen LogP contribution in [0.25, 0.3) is 0 Å². The van der Waals surface area contributed by atoms with E-state index in [2.05, 4.69) is 5.32 Å². The first kappa shape index (κ1) is 15.5. The molecule has 108 valence electrons. The lowest BCUT2D eigenvalue weighted by Gasteiger charge is -2.34. The van der Waals surface area contributed by atoms with Crippen molar-refractivity contribution >= 4 is 17.7 Å². The van der Waals surface area contributed by atoms with Crippen LogP contribution in [0, 0.1) is 5.92 Å². The average molecular weight is 269 g/mol. The lowest BCUT2D eigenvalue weighted by molar-refractivity contribution is -0.148. The quantitative estimate of drug-likeness (QED) is 0.771. The standard InChI is InChI=1S/C13H23N3O3/c1-9(2)13(19)16-6-5-15(12(18)8-16)7-11(17)14-10(3)4/h9-10H,5-8H2,1-4H3,(H,14,17). The number of nitrogens with zero attached hydrogens (tertiary/aromatic N) is 2. The summed E-state index contributed by atoms with van der Waals surface area (Å²) in [5.74, 6) is -0.450. The normalized spacial score (nSPS) is 16.2. The molecule has 0 atom stereocenters. The first-order valence-electron chi connectivity index (χ1n) is 6.67. The largest absolute Gasteiger partial charge is 0.352 e. The van der Waals surface area contributed by atoms with E-state index in [1.165, 1.54) is 4.90 Å². The van der Waals surface area contributed by atoms with E-state index < -0.39 is 0 Å². The highest BCUT2D eigenvalue weighted by Crippen LogP contribution is 2.08. The number of rotatable bonds is 4. The fourth-order valence-corrected chi connectivity index (χ4v) is 1.97. The van der Waals surface area contributed by atoms with Crippen molar-refractivity contribution in [3.63, 3.8) is 0 Å². The van der Waals surface area contributed by atoms with E-state index in [1.807, 2.05) is 27.7 Å². The van der Waals surface area contributed by atoms with Crippen LogP contribution < -0.4 is 5.32 Å². The van der Waals surface area contributed by atoms with Crippen molar-refractivity contribution in [3.8, 4) is 0 Å². The zero-order chi connectivity index (χ0) is 14.6. The van der Waals surface area contributed by atoms with Crippen LogP contribution in [0.3, 0.4) is 0 Å². The summed E-state index contributed by atoms with van der Waals surface area (Å²) >= 11 is 0. The van der Waals surface area contributed by atoms with Crippen molar-refractivity contribution in [2.45, 2.75) is 33.7 Å². The molecule has 6 heteroatoms. The van der Waals surface area contributed by atoms with Gasteiger partial charge in [0.25, 0.3) is 0 Å². The Labute approximate surface area is 114 Å². The van der Waals surface area contributed by atoms with Gasteiger partial charge in [0.15, 0.2) is 0 Å². The second-order valence-corrected chi connectivity index (χ2v) is 5.45. The third-order valence-electron chi connectivity index (χ3n) is 2.91. The molecule has 1 saturated heterocycles. The third kappa shape index (κ3) is 4.54. The molecule has 0 aromatic carbocycles. The van der Waals surface area contributed by atoms with E-state index in [-0.39, 0.29) is 42.8 Å². The molecule has 1 fully saturated rings. The highest BCUT2D eigenvalue weighted by molar-refractivity contribution is 5.89. The van der Waals surface area contributed by atoms with Crippen LogP contribution in [0.5, 0.6) is 0 Å². The number of hydrogen-bond donors (Lipinski definition) is 1. The lowest BCUT2D eigenvalue weighted by atomic mass is 10.1.